The Bertz CT molecular complexity index is 1160. The number of nitrogens with one attached hydrogen (secondary N) is 1. The molecule has 3 aromatic carbocycles. The van der Waals surface area contributed by atoms with Gasteiger partial charge in [-0.25, -0.2) is 0 Å². The molecule has 0 aliphatic carbocycles. The highest BCUT2D eigenvalue weighted by atomic mass is 35.5. The van der Waals surface area contributed by atoms with E-state index in [9.17, 15) is 9.59 Å². The first-order chi connectivity index (χ1) is 17.9. The van der Waals surface area contributed by atoms with Crippen LogP contribution in [0.25, 0.3) is 0 Å². The van der Waals surface area contributed by atoms with Gasteiger partial charge >= 0.3 is 0 Å². The quantitative estimate of drug-likeness (QED) is 0.167. The van der Waals surface area contributed by atoms with Crippen molar-refractivity contribution in [3.63, 3.8) is 0 Å². The van der Waals surface area contributed by atoms with Gasteiger partial charge in [-0.2, -0.15) is 0 Å². The topological polar surface area (TPSA) is 49.4 Å². The van der Waals surface area contributed by atoms with E-state index in [2.05, 4.69) is 12.2 Å². The van der Waals surface area contributed by atoms with Gasteiger partial charge in [0.25, 0.3) is 0 Å². The summed E-state index contributed by atoms with van der Waals surface area (Å²) in [5, 5.41) is 4.57. The van der Waals surface area contributed by atoms with Crippen molar-refractivity contribution in [3.05, 3.63) is 99.0 Å². The maximum atomic E-state index is 13.7. The second-order valence-corrected chi connectivity index (χ2v) is 11.1. The Labute approximate surface area is 238 Å². The Hall–Kier alpha value is -2.18. The van der Waals surface area contributed by atoms with Crippen molar-refractivity contribution in [2.24, 2.45) is 0 Å². The summed E-state index contributed by atoms with van der Waals surface area (Å²) in [7, 11) is 0. The highest BCUT2D eigenvalue weighted by Crippen LogP contribution is 2.26. The third kappa shape index (κ3) is 9.57. The summed E-state index contributed by atoms with van der Waals surface area (Å²) in [6.07, 6.45) is 2.54. The lowest BCUT2D eigenvalue weighted by Crippen LogP contribution is -2.50. The van der Waals surface area contributed by atoms with Gasteiger partial charge in [-0.3, -0.25) is 9.59 Å². The summed E-state index contributed by atoms with van der Waals surface area (Å²) >= 11 is 20.0. The van der Waals surface area contributed by atoms with Crippen molar-refractivity contribution >= 4 is 58.4 Å². The number of amides is 2. The van der Waals surface area contributed by atoms with Gasteiger partial charge in [0.05, 0.1) is 10.0 Å². The van der Waals surface area contributed by atoms with Gasteiger partial charge in [-0.1, -0.05) is 84.5 Å². The molecule has 0 heterocycles. The van der Waals surface area contributed by atoms with Crippen molar-refractivity contribution in [2.75, 3.05) is 12.3 Å². The van der Waals surface area contributed by atoms with Gasteiger partial charge < -0.3 is 10.2 Å². The summed E-state index contributed by atoms with van der Waals surface area (Å²) < 4.78 is 0. The number of carbonyl (C=O) groups is 2. The second-order valence-electron chi connectivity index (χ2n) is 8.67. The average molecular weight is 578 g/mol. The van der Waals surface area contributed by atoms with Crippen molar-refractivity contribution in [2.45, 2.75) is 50.1 Å². The van der Waals surface area contributed by atoms with Crippen molar-refractivity contribution < 1.29 is 9.59 Å². The van der Waals surface area contributed by atoms with Crippen molar-refractivity contribution in [1.29, 1.82) is 0 Å². The van der Waals surface area contributed by atoms with E-state index >= 15 is 0 Å². The molecule has 0 bridgehead atoms. The normalized spacial score (nSPS) is 11.7. The van der Waals surface area contributed by atoms with Gasteiger partial charge in [0.2, 0.25) is 11.8 Å². The fourth-order valence-electron chi connectivity index (χ4n) is 3.83. The number of carbonyl (C=O) groups excluding carboxylic acids is 2. The third-order valence-electron chi connectivity index (χ3n) is 5.84. The molecule has 0 aliphatic heterocycles. The van der Waals surface area contributed by atoms with Crippen molar-refractivity contribution in [3.8, 4) is 0 Å². The zero-order valence-corrected chi connectivity index (χ0v) is 23.8. The van der Waals surface area contributed by atoms with Crippen LogP contribution in [0.5, 0.6) is 0 Å². The predicted octanol–water partition coefficient (Wildman–Crippen LogP) is 7.69. The lowest BCUT2D eigenvalue weighted by Gasteiger charge is -2.31. The van der Waals surface area contributed by atoms with Gasteiger partial charge in [0, 0.05) is 41.6 Å². The maximum Gasteiger partial charge on any atom is 0.243 e. The zero-order chi connectivity index (χ0) is 26.6. The monoisotopic (exact) mass is 576 g/mol. The van der Waals surface area contributed by atoms with Gasteiger partial charge in [-0.15, -0.1) is 11.8 Å². The molecule has 0 fully saturated rings. The number of rotatable bonds is 13. The summed E-state index contributed by atoms with van der Waals surface area (Å²) in [6, 6.07) is 21.9. The second kappa shape index (κ2) is 15.3. The summed E-state index contributed by atoms with van der Waals surface area (Å²) in [5.74, 6) is 0.323. The Balaban J connectivity index is 1.84. The van der Waals surface area contributed by atoms with Crippen LogP contribution in [0.1, 0.15) is 37.3 Å². The Kier molecular flexibility index (Phi) is 12.1. The highest BCUT2D eigenvalue weighted by Gasteiger charge is 2.30. The number of unbranched alkanes of at least 4 members (excludes halogenated alkanes) is 1. The van der Waals surface area contributed by atoms with Crippen LogP contribution in [0, 0.1) is 0 Å². The van der Waals surface area contributed by atoms with Crippen LogP contribution < -0.4 is 5.32 Å². The average Bonchev–Trinajstić information content (AvgIpc) is 2.90. The molecular weight excluding hydrogens is 547 g/mol. The molecule has 0 spiro atoms. The molecule has 0 radical (unpaired) electrons. The fourth-order valence-corrected chi connectivity index (χ4v) is 5.11. The van der Waals surface area contributed by atoms with E-state index in [4.69, 9.17) is 34.8 Å². The van der Waals surface area contributed by atoms with E-state index in [0.29, 0.717) is 33.8 Å². The molecule has 1 N–H and O–H groups in total. The summed E-state index contributed by atoms with van der Waals surface area (Å²) in [6.45, 7) is 2.90. The molecule has 1 atom stereocenters. The molecule has 2 amide bonds. The van der Waals surface area contributed by atoms with Gasteiger partial charge in [0.1, 0.15) is 6.04 Å². The molecule has 37 heavy (non-hydrogen) atoms. The SMILES string of the molecule is CCCCNC(=O)[C@H](Cc1ccccc1)N(Cc1ccc(Cl)c(Cl)c1)C(=O)CCSc1ccc(Cl)cc1. The number of halogens is 3. The summed E-state index contributed by atoms with van der Waals surface area (Å²) in [4.78, 5) is 29.8. The molecule has 196 valence electrons. The molecular formula is C29H31Cl3N2O2S. The third-order valence-corrected chi connectivity index (χ3v) is 7.84. The van der Waals surface area contributed by atoms with Crippen LogP contribution >= 0.6 is 46.6 Å². The number of benzene rings is 3. The van der Waals surface area contributed by atoms with Crippen LogP contribution in [-0.2, 0) is 22.6 Å². The van der Waals surface area contributed by atoms with E-state index in [1.807, 2.05) is 60.7 Å². The predicted molar refractivity (Wildman–Crippen MR) is 156 cm³/mol. The molecule has 3 rings (SSSR count). The Morgan fingerprint density at radius 1 is 0.919 bits per heavy atom. The Morgan fingerprint density at radius 3 is 2.32 bits per heavy atom. The van der Waals surface area contributed by atoms with Crippen LogP contribution in [0.3, 0.4) is 0 Å². The van der Waals surface area contributed by atoms with Crippen LogP contribution in [-0.4, -0.2) is 35.1 Å². The smallest absolute Gasteiger partial charge is 0.243 e. The van der Waals surface area contributed by atoms with E-state index < -0.39 is 6.04 Å². The minimum atomic E-state index is -0.665. The number of hydrogen-bond acceptors (Lipinski definition) is 3. The standard InChI is InChI=1S/C29H31Cl3N2O2S/c1-2-3-16-33-29(36)27(19-21-7-5-4-6-8-21)34(20-22-9-14-25(31)26(32)18-22)28(35)15-17-37-24-12-10-23(30)11-13-24/h4-14,18,27H,2-3,15-17,19-20H2,1H3,(H,33,36)/t27-/m0/s1. The molecule has 4 nitrogen and oxygen atoms in total. The van der Waals surface area contributed by atoms with Gasteiger partial charge in [0.15, 0.2) is 0 Å². The van der Waals surface area contributed by atoms with Crippen LogP contribution in [0.2, 0.25) is 15.1 Å². The molecule has 0 saturated carbocycles. The first-order valence-electron chi connectivity index (χ1n) is 12.3. The first kappa shape index (κ1) is 29.4. The van der Waals surface area contributed by atoms with E-state index in [1.165, 1.54) is 0 Å². The highest BCUT2D eigenvalue weighted by molar-refractivity contribution is 7.99. The maximum absolute atomic E-state index is 13.7. The lowest BCUT2D eigenvalue weighted by atomic mass is 10.0. The Morgan fingerprint density at radius 2 is 1.65 bits per heavy atom. The van der Waals surface area contributed by atoms with E-state index in [1.54, 1.807) is 28.8 Å². The first-order valence-corrected chi connectivity index (χ1v) is 14.4. The van der Waals surface area contributed by atoms with Crippen LogP contribution in [0.4, 0.5) is 0 Å². The van der Waals surface area contributed by atoms with Gasteiger partial charge in [-0.05, 0) is 53.9 Å². The lowest BCUT2D eigenvalue weighted by molar-refractivity contribution is -0.141. The molecule has 0 aromatic heterocycles. The molecule has 0 aliphatic rings. The zero-order valence-electron chi connectivity index (χ0n) is 20.8. The summed E-state index contributed by atoms with van der Waals surface area (Å²) in [5.41, 5.74) is 1.80. The van der Waals surface area contributed by atoms with Crippen molar-refractivity contribution in [1.82, 2.24) is 10.2 Å². The van der Waals surface area contributed by atoms with E-state index in [0.717, 1.165) is 28.9 Å². The molecule has 3 aromatic rings. The number of hydrogen-bond donors (Lipinski definition) is 1. The number of nitrogens with zero attached hydrogens (tertiary/aromatic N) is 1. The minimum absolute atomic E-state index is 0.0980. The molecule has 0 saturated heterocycles. The minimum Gasteiger partial charge on any atom is -0.354 e. The van der Waals surface area contributed by atoms with E-state index in [-0.39, 0.29) is 24.8 Å². The largest absolute Gasteiger partial charge is 0.354 e. The molecule has 8 heteroatoms. The fraction of sp³-hybridized carbons (Fsp3) is 0.310. The van der Waals surface area contributed by atoms with Crippen LogP contribution in [0.15, 0.2) is 77.7 Å². The number of thioether (sulfide) groups is 1. The molecule has 0 unspecified atom stereocenters.